The number of benzene rings is 3. The van der Waals surface area contributed by atoms with Crippen LogP contribution in [-0.4, -0.2) is 35.2 Å². The molecule has 1 heterocycles. The normalized spacial score (nSPS) is 16.8. The van der Waals surface area contributed by atoms with Crippen LogP contribution in [0.5, 0.6) is 5.75 Å². The van der Waals surface area contributed by atoms with E-state index >= 15 is 0 Å². The van der Waals surface area contributed by atoms with Crippen molar-refractivity contribution in [3.63, 3.8) is 0 Å². The van der Waals surface area contributed by atoms with Crippen LogP contribution in [-0.2, 0) is 11.2 Å². The predicted octanol–water partition coefficient (Wildman–Crippen LogP) is 5.57. The maximum atomic E-state index is 13.6. The van der Waals surface area contributed by atoms with Crippen molar-refractivity contribution < 1.29 is 24.2 Å². The van der Waals surface area contributed by atoms with Crippen LogP contribution in [0.1, 0.15) is 54.9 Å². The summed E-state index contributed by atoms with van der Waals surface area (Å²) in [6, 6.07) is 15.9. The molecule has 0 saturated heterocycles. The van der Waals surface area contributed by atoms with Gasteiger partial charge >= 0.3 is 12.0 Å². The number of fused-ring (bicyclic) bond motifs is 2. The Morgan fingerprint density at radius 1 is 0.946 bits per heavy atom. The molecular formula is C29H31N3O5. The number of amides is 3. The summed E-state index contributed by atoms with van der Waals surface area (Å²) in [4.78, 5) is 38.9. The fraction of sp³-hybridized carbons (Fsp3) is 0.345. The van der Waals surface area contributed by atoms with Crippen LogP contribution in [0.2, 0.25) is 0 Å². The third kappa shape index (κ3) is 5.09. The molecule has 0 bridgehead atoms. The van der Waals surface area contributed by atoms with Crippen LogP contribution in [0.3, 0.4) is 0 Å². The summed E-state index contributed by atoms with van der Waals surface area (Å²) in [5.74, 6) is -0.932. The first-order valence-electron chi connectivity index (χ1n) is 12.8. The molecule has 37 heavy (non-hydrogen) atoms. The molecule has 0 radical (unpaired) electrons. The highest BCUT2D eigenvalue weighted by molar-refractivity contribution is 6.10. The standard InChI is InChI=1S/C29H31N3O5/c1-29(27(34)35,21-9-3-2-4-10-21)32-26(33)23-16-18-7-5-6-8-19(18)17-24(23)31-28(36)30-22-11-12-25-20(15-22)13-14-37-25/h5-8,11-12,15-17,21H,2-4,9-10,13-14H2,1H3,(H,32,33)(H,34,35)(H2,30,31,36)/t29-/m0/s1. The second-order valence-corrected chi connectivity index (χ2v) is 10.0. The van der Waals surface area contributed by atoms with Gasteiger partial charge in [-0.05, 0) is 72.4 Å². The van der Waals surface area contributed by atoms with E-state index in [1.54, 1.807) is 25.1 Å². The van der Waals surface area contributed by atoms with Crippen LogP contribution in [0, 0.1) is 5.92 Å². The zero-order valence-electron chi connectivity index (χ0n) is 20.8. The third-order valence-corrected chi connectivity index (χ3v) is 7.57. The van der Waals surface area contributed by atoms with Crippen molar-refractivity contribution in [2.24, 2.45) is 5.92 Å². The van der Waals surface area contributed by atoms with Gasteiger partial charge in [-0.3, -0.25) is 4.79 Å². The Hall–Kier alpha value is -4.07. The molecule has 0 unspecified atom stereocenters. The van der Waals surface area contributed by atoms with E-state index in [0.29, 0.717) is 18.0 Å². The summed E-state index contributed by atoms with van der Waals surface area (Å²) in [5.41, 5.74) is 0.743. The molecule has 3 aromatic rings. The number of ether oxygens (including phenoxy) is 1. The lowest BCUT2D eigenvalue weighted by Gasteiger charge is -2.37. The number of urea groups is 1. The molecule has 3 aromatic carbocycles. The van der Waals surface area contributed by atoms with Gasteiger partial charge in [0.1, 0.15) is 11.3 Å². The molecule has 1 aliphatic carbocycles. The maximum Gasteiger partial charge on any atom is 0.329 e. The fourth-order valence-corrected chi connectivity index (χ4v) is 5.39. The summed E-state index contributed by atoms with van der Waals surface area (Å²) in [6.07, 6.45) is 5.25. The largest absolute Gasteiger partial charge is 0.493 e. The molecule has 1 saturated carbocycles. The average molecular weight is 502 g/mol. The first-order valence-corrected chi connectivity index (χ1v) is 12.8. The molecule has 0 spiro atoms. The zero-order valence-corrected chi connectivity index (χ0v) is 20.8. The van der Waals surface area contributed by atoms with E-state index in [1.165, 1.54) is 0 Å². The topological polar surface area (TPSA) is 117 Å². The molecule has 1 fully saturated rings. The summed E-state index contributed by atoms with van der Waals surface area (Å²) in [5, 5.41) is 20.2. The molecule has 0 aromatic heterocycles. The van der Waals surface area contributed by atoms with Crippen LogP contribution >= 0.6 is 0 Å². The van der Waals surface area contributed by atoms with E-state index in [1.807, 2.05) is 36.4 Å². The summed E-state index contributed by atoms with van der Waals surface area (Å²) in [7, 11) is 0. The number of carboxylic acids is 1. The molecular weight excluding hydrogens is 470 g/mol. The van der Waals surface area contributed by atoms with Gasteiger partial charge in [-0.15, -0.1) is 0 Å². The Morgan fingerprint density at radius 2 is 1.68 bits per heavy atom. The summed E-state index contributed by atoms with van der Waals surface area (Å²) < 4.78 is 5.52. The molecule has 2 aliphatic rings. The Labute approximate surface area is 215 Å². The Bertz CT molecular complexity index is 1360. The maximum absolute atomic E-state index is 13.6. The van der Waals surface area contributed by atoms with Crippen molar-refractivity contribution in [2.45, 2.75) is 51.0 Å². The van der Waals surface area contributed by atoms with Gasteiger partial charge in [-0.1, -0.05) is 43.5 Å². The van der Waals surface area contributed by atoms with Gasteiger partial charge in [-0.2, -0.15) is 0 Å². The minimum atomic E-state index is -1.41. The van der Waals surface area contributed by atoms with Crippen LogP contribution in [0.25, 0.3) is 10.8 Å². The lowest BCUT2D eigenvalue weighted by atomic mass is 9.75. The Morgan fingerprint density at radius 3 is 2.41 bits per heavy atom. The lowest BCUT2D eigenvalue weighted by Crippen LogP contribution is -2.57. The molecule has 3 amide bonds. The van der Waals surface area contributed by atoms with Gasteiger partial charge in [0.2, 0.25) is 0 Å². The van der Waals surface area contributed by atoms with E-state index in [0.717, 1.165) is 60.6 Å². The lowest BCUT2D eigenvalue weighted by molar-refractivity contribution is -0.146. The van der Waals surface area contributed by atoms with Crippen LogP contribution in [0.4, 0.5) is 16.2 Å². The zero-order chi connectivity index (χ0) is 26.0. The average Bonchev–Trinajstić information content (AvgIpc) is 3.36. The molecule has 192 valence electrons. The predicted molar refractivity (Wildman–Crippen MR) is 142 cm³/mol. The van der Waals surface area contributed by atoms with E-state index in [4.69, 9.17) is 4.74 Å². The van der Waals surface area contributed by atoms with Crippen LogP contribution in [0.15, 0.2) is 54.6 Å². The van der Waals surface area contributed by atoms with E-state index in [9.17, 15) is 19.5 Å². The smallest absolute Gasteiger partial charge is 0.329 e. The molecule has 8 heteroatoms. The van der Waals surface area contributed by atoms with Gasteiger partial charge in [0.25, 0.3) is 5.91 Å². The minimum Gasteiger partial charge on any atom is -0.493 e. The van der Waals surface area contributed by atoms with Gasteiger partial charge in [0.05, 0.1) is 17.9 Å². The van der Waals surface area contributed by atoms with Crippen molar-refractivity contribution in [1.29, 1.82) is 0 Å². The van der Waals surface area contributed by atoms with Crippen molar-refractivity contribution in [3.05, 3.63) is 65.7 Å². The van der Waals surface area contributed by atoms with Crippen molar-refractivity contribution in [1.82, 2.24) is 5.32 Å². The fourth-order valence-electron chi connectivity index (χ4n) is 5.39. The highest BCUT2D eigenvalue weighted by Crippen LogP contribution is 2.34. The second-order valence-electron chi connectivity index (χ2n) is 10.0. The number of hydrogen-bond acceptors (Lipinski definition) is 4. The molecule has 1 aliphatic heterocycles. The SMILES string of the molecule is C[C@@](NC(=O)c1cc2ccccc2cc1NC(=O)Nc1ccc2c(c1)CCO2)(C(=O)O)C1CCCCC1. The number of aliphatic carboxylic acids is 1. The number of carboxylic acid groups (broad SMARTS) is 1. The molecule has 5 rings (SSSR count). The van der Waals surface area contributed by atoms with Crippen molar-refractivity contribution >= 4 is 40.1 Å². The number of carbonyl (C=O) groups excluding carboxylic acids is 2. The highest BCUT2D eigenvalue weighted by Gasteiger charge is 2.43. The summed E-state index contributed by atoms with van der Waals surface area (Å²) in [6.45, 7) is 2.21. The number of anilines is 2. The Balaban J connectivity index is 1.42. The summed E-state index contributed by atoms with van der Waals surface area (Å²) >= 11 is 0. The monoisotopic (exact) mass is 501 g/mol. The van der Waals surface area contributed by atoms with Gasteiger partial charge in [0.15, 0.2) is 0 Å². The second kappa shape index (κ2) is 10.1. The van der Waals surface area contributed by atoms with Gasteiger partial charge < -0.3 is 25.8 Å². The minimum absolute atomic E-state index is 0.161. The van der Waals surface area contributed by atoms with E-state index in [2.05, 4.69) is 16.0 Å². The van der Waals surface area contributed by atoms with Crippen molar-refractivity contribution in [2.75, 3.05) is 17.2 Å². The van der Waals surface area contributed by atoms with E-state index < -0.39 is 23.4 Å². The van der Waals surface area contributed by atoms with Crippen LogP contribution < -0.4 is 20.7 Å². The first kappa shape index (κ1) is 24.6. The van der Waals surface area contributed by atoms with E-state index in [-0.39, 0.29) is 11.5 Å². The molecule has 8 nitrogen and oxygen atoms in total. The number of carbonyl (C=O) groups is 3. The van der Waals surface area contributed by atoms with Crippen molar-refractivity contribution in [3.8, 4) is 5.75 Å². The Kier molecular flexibility index (Phi) is 6.74. The number of hydrogen-bond donors (Lipinski definition) is 4. The molecule has 4 N–H and O–H groups in total. The highest BCUT2D eigenvalue weighted by atomic mass is 16.5. The van der Waals surface area contributed by atoms with Gasteiger partial charge in [0, 0.05) is 12.1 Å². The van der Waals surface area contributed by atoms with Gasteiger partial charge in [-0.25, -0.2) is 9.59 Å². The molecule has 1 atom stereocenters. The first-order chi connectivity index (χ1) is 17.8. The number of rotatable bonds is 6. The third-order valence-electron chi connectivity index (χ3n) is 7.57. The number of nitrogens with one attached hydrogen (secondary N) is 3. The quantitative estimate of drug-likeness (QED) is 0.352.